The van der Waals surface area contributed by atoms with Gasteiger partial charge in [-0.3, -0.25) is 0 Å². The summed E-state index contributed by atoms with van der Waals surface area (Å²) in [5.74, 6) is -0.483. The quantitative estimate of drug-likeness (QED) is 0.220. The molecule has 4 nitrogen and oxygen atoms in total. The molecule has 0 aliphatic carbocycles. The smallest absolute Gasteiger partial charge is 0.748 e. The van der Waals surface area contributed by atoms with E-state index in [1.807, 2.05) is 0 Å². The molecule has 0 amide bonds. The Balaban J connectivity index is 0. The minimum atomic E-state index is -4.15. The van der Waals surface area contributed by atoms with E-state index in [9.17, 15) is 13.0 Å². The van der Waals surface area contributed by atoms with Gasteiger partial charge < -0.3 is 9.29 Å². The van der Waals surface area contributed by atoms with Crippen LogP contribution in [0.3, 0.4) is 0 Å². The van der Waals surface area contributed by atoms with Crippen LogP contribution >= 0.6 is 0 Å². The molecular weight excluding hydrogens is 227 g/mol. The van der Waals surface area contributed by atoms with Gasteiger partial charge in [-0.05, 0) is 0 Å². The molecule has 0 atom stereocenters. The second-order valence-corrected chi connectivity index (χ2v) is 3.91. The van der Waals surface area contributed by atoms with Crippen LogP contribution in [0.5, 0.6) is 0 Å². The largest absolute Gasteiger partial charge is 1.00 e. The van der Waals surface area contributed by atoms with Gasteiger partial charge in [0.05, 0.1) is 29.1 Å². The zero-order valence-electron chi connectivity index (χ0n) is 8.76. The van der Waals surface area contributed by atoms with Crippen molar-refractivity contribution < 1.29 is 47.3 Å². The molecule has 15 heavy (non-hydrogen) atoms. The van der Waals surface area contributed by atoms with Crippen molar-refractivity contribution in [2.45, 2.75) is 0 Å². The zero-order valence-corrected chi connectivity index (χ0v) is 11.6. The molecule has 0 radical (unpaired) electrons. The van der Waals surface area contributed by atoms with E-state index >= 15 is 0 Å². The molecule has 0 aliphatic heterocycles. The van der Waals surface area contributed by atoms with E-state index in [4.69, 9.17) is 4.74 Å². The molecule has 0 bridgehead atoms. The number of allylic oxidation sites excluding steroid dienone is 4. The van der Waals surface area contributed by atoms with Crippen LogP contribution in [0.1, 0.15) is 0 Å². The molecule has 0 saturated heterocycles. The van der Waals surface area contributed by atoms with Crippen LogP contribution in [0, 0.1) is 0 Å². The summed E-state index contributed by atoms with van der Waals surface area (Å²) in [4.78, 5) is 0. The van der Waals surface area contributed by atoms with Crippen molar-refractivity contribution in [2.75, 3.05) is 19.0 Å². The van der Waals surface area contributed by atoms with Gasteiger partial charge in [0.2, 0.25) is 0 Å². The average Bonchev–Trinajstić information content (AvgIpc) is 2.08. The van der Waals surface area contributed by atoms with Crippen LogP contribution in [-0.4, -0.2) is 31.9 Å². The minimum absolute atomic E-state index is 0. The molecule has 80 valence electrons. The summed E-state index contributed by atoms with van der Waals surface area (Å²) in [7, 11) is -4.15. The first-order valence-corrected chi connectivity index (χ1v) is 5.59. The van der Waals surface area contributed by atoms with E-state index in [2.05, 4.69) is 6.58 Å². The van der Waals surface area contributed by atoms with Gasteiger partial charge in [0, 0.05) is 0 Å². The van der Waals surface area contributed by atoms with Crippen molar-refractivity contribution in [3.05, 3.63) is 37.0 Å². The molecule has 0 fully saturated rings. The van der Waals surface area contributed by atoms with Crippen LogP contribution in [0.25, 0.3) is 0 Å². The predicted molar refractivity (Wildman–Crippen MR) is 53.9 cm³/mol. The fourth-order valence-corrected chi connectivity index (χ4v) is 0.911. The molecule has 0 saturated carbocycles. The molecule has 0 rings (SSSR count). The van der Waals surface area contributed by atoms with E-state index in [0.717, 1.165) is 0 Å². The predicted octanol–water partition coefficient (Wildman–Crippen LogP) is -2.15. The molecule has 0 spiro atoms. The summed E-state index contributed by atoms with van der Waals surface area (Å²) in [6.07, 6.45) is 8.60. The fraction of sp³-hybridized carbons (Fsp3) is 0.333. The Kier molecular flexibility index (Phi) is 12.4. The monoisotopic (exact) mass is 240 g/mol. The van der Waals surface area contributed by atoms with Gasteiger partial charge in [-0.2, -0.15) is 0 Å². The number of hydrogen-bond donors (Lipinski definition) is 0. The Morgan fingerprint density at radius 1 is 1.27 bits per heavy atom. The standard InChI is InChI=1S/C9H14O4S.Na/c1-2-3-4-5-6-7-13-8-9-14(10,11)12;/h2-6H,1,7-9H2,(H,10,11,12);/q;+1/p-1/b4-3-,6-5+;. The van der Waals surface area contributed by atoms with E-state index in [0.29, 0.717) is 0 Å². The van der Waals surface area contributed by atoms with Gasteiger partial charge in [-0.1, -0.05) is 37.0 Å². The van der Waals surface area contributed by atoms with Gasteiger partial charge in [0.15, 0.2) is 0 Å². The van der Waals surface area contributed by atoms with Crippen molar-refractivity contribution >= 4 is 10.1 Å². The Morgan fingerprint density at radius 3 is 2.47 bits per heavy atom. The topological polar surface area (TPSA) is 66.4 Å². The van der Waals surface area contributed by atoms with Crippen molar-refractivity contribution in [2.24, 2.45) is 0 Å². The van der Waals surface area contributed by atoms with Crippen LogP contribution in [-0.2, 0) is 14.9 Å². The fourth-order valence-electron chi connectivity index (χ4n) is 0.589. The minimum Gasteiger partial charge on any atom is -0.748 e. The van der Waals surface area contributed by atoms with Crippen molar-refractivity contribution in [1.82, 2.24) is 0 Å². The van der Waals surface area contributed by atoms with E-state index in [1.165, 1.54) is 0 Å². The third kappa shape index (κ3) is 16.7. The van der Waals surface area contributed by atoms with Crippen LogP contribution < -0.4 is 29.6 Å². The third-order valence-corrected chi connectivity index (χ3v) is 1.85. The van der Waals surface area contributed by atoms with Gasteiger partial charge >= 0.3 is 29.6 Å². The molecule has 0 aromatic heterocycles. The van der Waals surface area contributed by atoms with Gasteiger partial charge in [0.1, 0.15) is 0 Å². The van der Waals surface area contributed by atoms with Gasteiger partial charge in [-0.15, -0.1) is 0 Å². The normalized spacial score (nSPS) is 11.8. The van der Waals surface area contributed by atoms with Gasteiger partial charge in [-0.25, -0.2) is 8.42 Å². The Bertz CT molecular complexity index is 306. The maximum absolute atomic E-state index is 10.1. The summed E-state index contributed by atoms with van der Waals surface area (Å²) in [6.45, 7) is 3.70. The molecule has 0 aromatic carbocycles. The SMILES string of the molecule is C=C/C=C\C=C\COCCS(=O)(=O)[O-].[Na+]. The van der Waals surface area contributed by atoms with Crippen molar-refractivity contribution in [3.63, 3.8) is 0 Å². The Morgan fingerprint density at radius 2 is 1.93 bits per heavy atom. The number of rotatable bonds is 7. The number of ether oxygens (including phenoxy) is 1. The summed E-state index contributed by atoms with van der Waals surface area (Å²) >= 11 is 0. The molecule has 0 aromatic rings. The Hall–Kier alpha value is 0.0900. The summed E-state index contributed by atoms with van der Waals surface area (Å²) in [6, 6.07) is 0. The second-order valence-electron chi connectivity index (χ2n) is 2.39. The summed E-state index contributed by atoms with van der Waals surface area (Å²) < 4.78 is 35.3. The molecule has 0 heterocycles. The van der Waals surface area contributed by atoms with Crippen LogP contribution in [0.15, 0.2) is 37.0 Å². The van der Waals surface area contributed by atoms with E-state index in [1.54, 1.807) is 30.4 Å². The van der Waals surface area contributed by atoms with Gasteiger partial charge in [0.25, 0.3) is 0 Å². The second kappa shape index (κ2) is 10.6. The summed E-state index contributed by atoms with van der Waals surface area (Å²) in [5, 5.41) is 0. The zero-order chi connectivity index (χ0) is 10.9. The van der Waals surface area contributed by atoms with Crippen LogP contribution in [0.4, 0.5) is 0 Å². The molecular formula is C9H13NaO4S. The van der Waals surface area contributed by atoms with Crippen LogP contribution in [0.2, 0.25) is 0 Å². The van der Waals surface area contributed by atoms with E-state index in [-0.39, 0.29) is 42.8 Å². The first kappa shape index (κ1) is 17.5. The first-order chi connectivity index (χ1) is 6.56. The molecule has 0 aliphatic rings. The molecule has 0 unspecified atom stereocenters. The maximum Gasteiger partial charge on any atom is 1.00 e. The van der Waals surface area contributed by atoms with E-state index < -0.39 is 15.9 Å². The van der Waals surface area contributed by atoms with Crippen molar-refractivity contribution in [3.8, 4) is 0 Å². The average molecular weight is 240 g/mol. The maximum atomic E-state index is 10.1. The Labute approximate surface area is 113 Å². The third-order valence-electron chi connectivity index (χ3n) is 1.19. The van der Waals surface area contributed by atoms with Crippen molar-refractivity contribution in [1.29, 1.82) is 0 Å². The first-order valence-electron chi connectivity index (χ1n) is 4.02. The summed E-state index contributed by atoms with van der Waals surface area (Å²) in [5.41, 5.74) is 0. The molecule has 0 N–H and O–H groups in total. The molecule has 6 heteroatoms. The number of hydrogen-bond acceptors (Lipinski definition) is 4.